The molecular formula is C24H25N7O2S. The van der Waals surface area contributed by atoms with E-state index in [9.17, 15) is 4.79 Å². The summed E-state index contributed by atoms with van der Waals surface area (Å²) in [7, 11) is 1.63. The molecule has 1 amide bonds. The van der Waals surface area contributed by atoms with Gasteiger partial charge in [0.25, 0.3) is 0 Å². The summed E-state index contributed by atoms with van der Waals surface area (Å²) in [6, 6.07) is 17.8. The van der Waals surface area contributed by atoms with Crippen molar-refractivity contribution in [2.75, 3.05) is 43.9 Å². The Bertz CT molecular complexity index is 1270. The molecule has 174 valence electrons. The molecule has 1 aliphatic heterocycles. The molecule has 10 heteroatoms. The van der Waals surface area contributed by atoms with Crippen LogP contribution in [0.15, 0.2) is 60.9 Å². The molecule has 2 aromatic carbocycles. The van der Waals surface area contributed by atoms with Crippen LogP contribution in [0.4, 0.5) is 5.82 Å². The maximum absolute atomic E-state index is 12.7. The van der Waals surface area contributed by atoms with Gasteiger partial charge in [-0.2, -0.15) is 4.68 Å². The number of thioether (sulfide) groups is 1. The Kier molecular flexibility index (Phi) is 6.57. The van der Waals surface area contributed by atoms with E-state index >= 15 is 0 Å². The topological polar surface area (TPSA) is 89.3 Å². The van der Waals surface area contributed by atoms with Crippen LogP contribution in [0.5, 0.6) is 5.75 Å². The maximum Gasteiger partial charge on any atom is 0.232 e. The summed E-state index contributed by atoms with van der Waals surface area (Å²) in [5.41, 5.74) is 3.33. The number of carbonyl (C=O) groups is 1. The Morgan fingerprint density at radius 2 is 1.85 bits per heavy atom. The summed E-state index contributed by atoms with van der Waals surface area (Å²) in [6.07, 6.45) is 1.54. The molecule has 3 heterocycles. The lowest BCUT2D eigenvalue weighted by molar-refractivity contribution is -0.128. The fraction of sp³-hybridized carbons (Fsp3) is 0.292. The van der Waals surface area contributed by atoms with E-state index in [0.717, 1.165) is 23.0 Å². The standard InChI is InChI=1S/C24H25N7O2S/c1-33-20-9-5-8-19(14-20)31-24-22(27-28-31)23(25-17-26-24)30-12-10-29(11-13-30)21(32)16-34-15-18-6-3-2-4-7-18/h2-9,14,17H,10-13,15-16H2,1H3. The van der Waals surface area contributed by atoms with Crippen LogP contribution in [0.2, 0.25) is 0 Å². The first-order valence-electron chi connectivity index (χ1n) is 11.1. The monoisotopic (exact) mass is 475 g/mol. The number of hydrogen-bond donors (Lipinski definition) is 0. The fourth-order valence-corrected chi connectivity index (χ4v) is 4.86. The van der Waals surface area contributed by atoms with Gasteiger partial charge < -0.3 is 14.5 Å². The number of anilines is 1. The molecule has 0 unspecified atom stereocenters. The highest BCUT2D eigenvalue weighted by Crippen LogP contribution is 2.25. The predicted molar refractivity (Wildman–Crippen MR) is 132 cm³/mol. The van der Waals surface area contributed by atoms with Crippen molar-refractivity contribution in [3.63, 3.8) is 0 Å². The third kappa shape index (κ3) is 4.67. The van der Waals surface area contributed by atoms with Crippen molar-refractivity contribution >= 4 is 34.7 Å². The van der Waals surface area contributed by atoms with Crippen molar-refractivity contribution in [3.05, 3.63) is 66.5 Å². The molecule has 0 atom stereocenters. The van der Waals surface area contributed by atoms with E-state index in [-0.39, 0.29) is 5.91 Å². The number of methoxy groups -OCH3 is 1. The predicted octanol–water partition coefficient (Wildman–Crippen LogP) is 2.80. The Morgan fingerprint density at radius 1 is 1.03 bits per heavy atom. The molecule has 1 fully saturated rings. The van der Waals surface area contributed by atoms with E-state index < -0.39 is 0 Å². The van der Waals surface area contributed by atoms with Gasteiger partial charge in [0.1, 0.15) is 12.1 Å². The van der Waals surface area contributed by atoms with Crippen molar-refractivity contribution in [3.8, 4) is 11.4 Å². The maximum atomic E-state index is 12.7. The summed E-state index contributed by atoms with van der Waals surface area (Å²) in [4.78, 5) is 25.7. The zero-order valence-electron chi connectivity index (χ0n) is 18.9. The first kappa shape index (κ1) is 22.1. The second-order valence-electron chi connectivity index (χ2n) is 7.92. The Balaban J connectivity index is 1.23. The molecule has 0 radical (unpaired) electrons. The van der Waals surface area contributed by atoms with Crippen molar-refractivity contribution in [1.29, 1.82) is 0 Å². The number of aromatic nitrogens is 5. The molecular weight excluding hydrogens is 450 g/mol. The highest BCUT2D eigenvalue weighted by Gasteiger charge is 2.25. The van der Waals surface area contributed by atoms with Crippen molar-refractivity contribution in [2.45, 2.75) is 5.75 Å². The van der Waals surface area contributed by atoms with Gasteiger partial charge in [0.15, 0.2) is 17.0 Å². The van der Waals surface area contributed by atoms with E-state index in [2.05, 4.69) is 37.3 Å². The molecule has 9 nitrogen and oxygen atoms in total. The molecule has 5 rings (SSSR count). The minimum absolute atomic E-state index is 0.178. The first-order chi connectivity index (χ1) is 16.7. The van der Waals surface area contributed by atoms with Gasteiger partial charge in [-0.15, -0.1) is 16.9 Å². The number of rotatable bonds is 7. The second-order valence-corrected chi connectivity index (χ2v) is 8.90. The minimum Gasteiger partial charge on any atom is -0.497 e. The number of amides is 1. The Labute approximate surface area is 201 Å². The normalized spacial score (nSPS) is 13.9. The molecule has 0 aliphatic carbocycles. The van der Waals surface area contributed by atoms with Crippen LogP contribution in [0.25, 0.3) is 16.9 Å². The third-order valence-electron chi connectivity index (χ3n) is 5.79. The lowest BCUT2D eigenvalue weighted by Crippen LogP contribution is -2.49. The van der Waals surface area contributed by atoms with Crippen LogP contribution in [0, 0.1) is 0 Å². The summed E-state index contributed by atoms with van der Waals surface area (Å²) in [5.74, 6) is 2.98. The smallest absolute Gasteiger partial charge is 0.232 e. The number of fused-ring (bicyclic) bond motifs is 1. The second kappa shape index (κ2) is 10.1. The molecule has 0 saturated carbocycles. The van der Waals surface area contributed by atoms with Crippen LogP contribution in [0.3, 0.4) is 0 Å². The van der Waals surface area contributed by atoms with Crippen LogP contribution in [-0.4, -0.2) is 74.8 Å². The lowest BCUT2D eigenvalue weighted by atomic mass is 10.2. The van der Waals surface area contributed by atoms with Crippen LogP contribution < -0.4 is 9.64 Å². The van der Waals surface area contributed by atoms with Gasteiger partial charge in [-0.1, -0.05) is 41.6 Å². The molecule has 1 aliphatic rings. The lowest BCUT2D eigenvalue weighted by Gasteiger charge is -2.35. The SMILES string of the molecule is COc1cccc(-n2nnc3c(N4CCN(C(=O)CSCc5ccccc5)CC4)ncnc32)c1. The number of ether oxygens (including phenoxy) is 1. The number of hydrogen-bond acceptors (Lipinski definition) is 8. The number of carbonyl (C=O) groups excluding carboxylic acids is 1. The Morgan fingerprint density at radius 3 is 2.65 bits per heavy atom. The molecule has 0 bridgehead atoms. The summed E-state index contributed by atoms with van der Waals surface area (Å²) in [6.45, 7) is 2.68. The molecule has 1 saturated heterocycles. The molecule has 0 spiro atoms. The van der Waals surface area contributed by atoms with E-state index in [1.54, 1.807) is 23.6 Å². The van der Waals surface area contributed by atoms with E-state index in [1.165, 1.54) is 11.9 Å². The summed E-state index contributed by atoms with van der Waals surface area (Å²) >= 11 is 1.66. The van der Waals surface area contributed by atoms with Gasteiger partial charge in [-0.3, -0.25) is 4.79 Å². The Hall–Kier alpha value is -3.66. The highest BCUT2D eigenvalue weighted by atomic mass is 32.2. The first-order valence-corrected chi connectivity index (χ1v) is 12.2. The van der Waals surface area contributed by atoms with Gasteiger partial charge in [0.2, 0.25) is 5.91 Å². The van der Waals surface area contributed by atoms with Crippen LogP contribution in [-0.2, 0) is 10.5 Å². The minimum atomic E-state index is 0.178. The van der Waals surface area contributed by atoms with E-state index in [4.69, 9.17) is 4.74 Å². The number of benzene rings is 2. The highest BCUT2D eigenvalue weighted by molar-refractivity contribution is 7.99. The van der Waals surface area contributed by atoms with Crippen LogP contribution in [0.1, 0.15) is 5.56 Å². The van der Waals surface area contributed by atoms with Crippen LogP contribution >= 0.6 is 11.8 Å². The molecule has 2 aromatic heterocycles. The summed E-state index contributed by atoms with van der Waals surface area (Å²) in [5, 5.41) is 8.68. The van der Waals surface area contributed by atoms with Gasteiger partial charge in [-0.05, 0) is 17.7 Å². The van der Waals surface area contributed by atoms with Crippen molar-refractivity contribution < 1.29 is 9.53 Å². The number of piperazine rings is 1. The van der Waals surface area contributed by atoms with Gasteiger partial charge in [0.05, 0.1) is 18.6 Å². The molecule has 4 aromatic rings. The van der Waals surface area contributed by atoms with E-state index in [1.807, 2.05) is 47.4 Å². The fourth-order valence-electron chi connectivity index (χ4n) is 3.97. The van der Waals surface area contributed by atoms with E-state index in [0.29, 0.717) is 43.1 Å². The average molecular weight is 476 g/mol. The van der Waals surface area contributed by atoms with Gasteiger partial charge in [0, 0.05) is 38.0 Å². The van der Waals surface area contributed by atoms with Crippen molar-refractivity contribution in [2.24, 2.45) is 0 Å². The van der Waals surface area contributed by atoms with Gasteiger partial charge >= 0.3 is 0 Å². The average Bonchev–Trinajstić information content (AvgIpc) is 3.34. The largest absolute Gasteiger partial charge is 0.497 e. The van der Waals surface area contributed by atoms with Crippen molar-refractivity contribution in [1.82, 2.24) is 29.9 Å². The quantitative estimate of drug-likeness (QED) is 0.403. The molecule has 34 heavy (non-hydrogen) atoms. The third-order valence-corrected chi connectivity index (χ3v) is 6.77. The van der Waals surface area contributed by atoms with Gasteiger partial charge in [-0.25, -0.2) is 9.97 Å². The summed E-state index contributed by atoms with van der Waals surface area (Å²) < 4.78 is 7.01. The number of nitrogens with zero attached hydrogens (tertiary/aromatic N) is 7. The zero-order valence-corrected chi connectivity index (χ0v) is 19.7. The molecule has 0 N–H and O–H groups in total. The zero-order chi connectivity index (χ0) is 23.3.